The molecule has 1 saturated heterocycles. The van der Waals surface area contributed by atoms with Crippen molar-refractivity contribution in [2.24, 2.45) is 5.92 Å². The van der Waals surface area contributed by atoms with Crippen LogP contribution in [0, 0.1) is 5.92 Å². The molecule has 0 spiro atoms. The molecule has 2 atom stereocenters. The van der Waals surface area contributed by atoms with Gasteiger partial charge in [0.25, 0.3) is 0 Å². The number of fused-ring (bicyclic) bond motifs is 1. The Labute approximate surface area is 141 Å². The summed E-state index contributed by atoms with van der Waals surface area (Å²) in [6.07, 6.45) is 1.88. The van der Waals surface area contributed by atoms with Gasteiger partial charge < -0.3 is 0 Å². The van der Waals surface area contributed by atoms with E-state index in [1.165, 1.54) is 0 Å². The van der Waals surface area contributed by atoms with Crippen LogP contribution in [-0.4, -0.2) is 15.2 Å². The molecule has 1 heterocycles. The molecule has 2 amide bonds. The number of allylic oxidation sites excluding steroid dienone is 2. The smallest absolute Gasteiger partial charge is 0.247 e. The second kappa shape index (κ2) is 4.33. The Balaban J connectivity index is 2.63. The fourth-order valence-corrected chi connectivity index (χ4v) is 6.60. The maximum absolute atomic E-state index is 11.7. The molecule has 3 nitrogen and oxygen atoms in total. The number of nitrogens with one attached hydrogen (secondary N) is 1. The molecule has 2 aliphatic rings. The SMILES string of the molecule is O=C1NC(=O)C2(I)C=C(I)C(I)=C(I)C12. The monoisotopic (exact) mass is 653 g/mol. The van der Waals surface area contributed by atoms with Gasteiger partial charge in [-0.1, -0.05) is 22.6 Å². The summed E-state index contributed by atoms with van der Waals surface area (Å²) in [4.78, 5) is 23.4. The third-order valence-corrected chi connectivity index (χ3v) is 8.94. The maximum Gasteiger partial charge on any atom is 0.247 e. The van der Waals surface area contributed by atoms with Crippen molar-refractivity contribution < 1.29 is 9.59 Å². The summed E-state index contributed by atoms with van der Waals surface area (Å²) in [5.41, 5.74) is 0. The van der Waals surface area contributed by atoms with Gasteiger partial charge in [0.2, 0.25) is 11.8 Å². The van der Waals surface area contributed by atoms with E-state index in [0.717, 1.165) is 10.7 Å². The lowest BCUT2D eigenvalue weighted by Gasteiger charge is -2.27. The summed E-state index contributed by atoms with van der Waals surface area (Å²) in [6.45, 7) is 0. The van der Waals surface area contributed by atoms with Crippen LogP contribution in [-0.2, 0) is 9.59 Å². The zero-order valence-electron chi connectivity index (χ0n) is 6.98. The van der Waals surface area contributed by atoms with E-state index in [9.17, 15) is 9.59 Å². The van der Waals surface area contributed by atoms with E-state index in [4.69, 9.17) is 0 Å². The average molecular weight is 653 g/mol. The summed E-state index contributed by atoms with van der Waals surface area (Å²) in [5.74, 6) is -0.741. The van der Waals surface area contributed by atoms with Gasteiger partial charge in [-0.3, -0.25) is 14.9 Å². The number of alkyl halides is 1. The van der Waals surface area contributed by atoms with Crippen molar-refractivity contribution in [3.05, 3.63) is 16.8 Å². The lowest BCUT2D eigenvalue weighted by atomic mass is 9.91. The van der Waals surface area contributed by atoms with Gasteiger partial charge in [0, 0.05) is 10.7 Å². The second-order valence-corrected chi connectivity index (χ2v) is 8.36. The van der Waals surface area contributed by atoms with Crippen molar-refractivity contribution >= 4 is 102 Å². The molecule has 0 bridgehead atoms. The fourth-order valence-electron chi connectivity index (χ4n) is 1.54. The molecule has 0 aromatic carbocycles. The number of amides is 2. The van der Waals surface area contributed by atoms with Crippen molar-refractivity contribution in [3.8, 4) is 0 Å². The highest BCUT2D eigenvalue weighted by Crippen LogP contribution is 2.51. The third-order valence-electron chi connectivity index (χ3n) is 2.28. The van der Waals surface area contributed by atoms with Crippen molar-refractivity contribution in [2.75, 3.05) is 0 Å². The first-order valence-corrected chi connectivity index (χ1v) is 8.17. The maximum atomic E-state index is 11.7. The fraction of sp³-hybridized carbons (Fsp3) is 0.250. The third kappa shape index (κ3) is 1.92. The highest BCUT2D eigenvalue weighted by molar-refractivity contribution is 14.1. The van der Waals surface area contributed by atoms with Gasteiger partial charge in [-0.2, -0.15) is 0 Å². The molecule has 2 unspecified atom stereocenters. The lowest BCUT2D eigenvalue weighted by molar-refractivity contribution is -0.125. The van der Waals surface area contributed by atoms with Crippen LogP contribution in [0.3, 0.4) is 0 Å². The molecule has 0 saturated carbocycles. The molecule has 0 aromatic heterocycles. The number of carbonyl (C=O) groups is 2. The Bertz CT molecular complexity index is 442. The van der Waals surface area contributed by atoms with Gasteiger partial charge in [0.1, 0.15) is 3.42 Å². The summed E-state index contributed by atoms with van der Waals surface area (Å²) < 4.78 is 2.33. The van der Waals surface area contributed by atoms with E-state index in [1.807, 2.05) is 6.08 Å². The quantitative estimate of drug-likeness (QED) is 0.249. The summed E-state index contributed by atoms with van der Waals surface area (Å²) in [7, 11) is 0. The Kier molecular flexibility index (Phi) is 3.75. The topological polar surface area (TPSA) is 46.2 Å². The number of imide groups is 1. The Morgan fingerprint density at radius 1 is 1.27 bits per heavy atom. The molecule has 0 radical (unpaired) electrons. The molecule has 0 aromatic rings. The number of rotatable bonds is 0. The minimum Gasteiger partial charge on any atom is -0.294 e. The molecule has 1 fully saturated rings. The van der Waals surface area contributed by atoms with Crippen LogP contribution >= 0.6 is 90.4 Å². The largest absolute Gasteiger partial charge is 0.294 e. The van der Waals surface area contributed by atoms with E-state index in [-0.39, 0.29) is 17.7 Å². The first kappa shape index (κ1) is 13.0. The molecular weight excluding hydrogens is 650 g/mol. The van der Waals surface area contributed by atoms with E-state index in [1.54, 1.807) is 0 Å². The zero-order chi connectivity index (χ0) is 11.4. The lowest BCUT2D eigenvalue weighted by Crippen LogP contribution is -2.36. The van der Waals surface area contributed by atoms with Crippen LogP contribution in [0.15, 0.2) is 16.8 Å². The van der Waals surface area contributed by atoms with Crippen LogP contribution in [0.4, 0.5) is 0 Å². The van der Waals surface area contributed by atoms with Crippen molar-refractivity contribution in [1.82, 2.24) is 5.32 Å². The minimum atomic E-state index is -0.726. The standard InChI is InChI=1S/C8H3I4NO2/c9-2-1-8(12)3(5(11)4(2)10)6(14)13-7(8)15/h1,3H,(H,13,14,15). The van der Waals surface area contributed by atoms with Crippen LogP contribution in [0.1, 0.15) is 0 Å². The normalized spacial score (nSPS) is 35.2. The van der Waals surface area contributed by atoms with Crippen LogP contribution in [0.5, 0.6) is 0 Å². The predicted octanol–water partition coefficient (Wildman–Crippen LogP) is 2.85. The van der Waals surface area contributed by atoms with Gasteiger partial charge in [0.15, 0.2) is 0 Å². The molecule has 7 heteroatoms. The number of hydrogen-bond acceptors (Lipinski definition) is 2. The van der Waals surface area contributed by atoms with E-state index in [0.29, 0.717) is 0 Å². The van der Waals surface area contributed by atoms with Gasteiger partial charge in [0.05, 0.1) is 5.92 Å². The molecule has 1 aliphatic carbocycles. The molecule has 15 heavy (non-hydrogen) atoms. The van der Waals surface area contributed by atoms with Crippen LogP contribution in [0.2, 0.25) is 0 Å². The predicted molar refractivity (Wildman–Crippen MR) is 90.6 cm³/mol. The Morgan fingerprint density at radius 3 is 2.47 bits per heavy atom. The Hall–Kier alpha value is 1.54. The number of carbonyl (C=O) groups excluding carboxylic acids is 2. The van der Waals surface area contributed by atoms with E-state index >= 15 is 0 Å². The van der Waals surface area contributed by atoms with Crippen molar-refractivity contribution in [2.45, 2.75) is 3.42 Å². The Morgan fingerprint density at radius 2 is 1.87 bits per heavy atom. The minimum absolute atomic E-state index is 0.187. The van der Waals surface area contributed by atoms with E-state index in [2.05, 4.69) is 95.7 Å². The van der Waals surface area contributed by atoms with Crippen LogP contribution < -0.4 is 5.32 Å². The molecule has 1 N–H and O–H groups in total. The summed E-state index contributed by atoms with van der Waals surface area (Å²) in [6, 6.07) is 0. The average Bonchev–Trinajstić information content (AvgIpc) is 2.34. The van der Waals surface area contributed by atoms with Crippen molar-refractivity contribution in [3.63, 3.8) is 0 Å². The van der Waals surface area contributed by atoms with E-state index < -0.39 is 3.42 Å². The first-order chi connectivity index (χ1) is 6.88. The summed E-state index contributed by atoms with van der Waals surface area (Å²) >= 11 is 8.63. The molecule has 1 aliphatic heterocycles. The first-order valence-electron chi connectivity index (χ1n) is 3.86. The van der Waals surface area contributed by atoms with Gasteiger partial charge in [-0.25, -0.2) is 0 Å². The summed E-state index contributed by atoms with van der Waals surface area (Å²) in [5, 5.41) is 2.40. The molecular formula is C8H3I4NO2. The van der Waals surface area contributed by atoms with Gasteiger partial charge >= 0.3 is 0 Å². The second-order valence-electron chi connectivity index (χ2n) is 3.17. The molecule has 80 valence electrons. The van der Waals surface area contributed by atoms with Crippen LogP contribution in [0.25, 0.3) is 0 Å². The van der Waals surface area contributed by atoms with Crippen molar-refractivity contribution in [1.29, 1.82) is 0 Å². The van der Waals surface area contributed by atoms with Gasteiger partial charge in [-0.15, -0.1) is 0 Å². The zero-order valence-corrected chi connectivity index (χ0v) is 15.6. The van der Waals surface area contributed by atoms with Gasteiger partial charge in [-0.05, 0) is 73.8 Å². The number of hydrogen-bond donors (Lipinski definition) is 1. The number of halogens is 4. The molecule has 2 rings (SSSR count). The highest BCUT2D eigenvalue weighted by atomic mass is 127. The highest BCUT2D eigenvalue weighted by Gasteiger charge is 2.55.